The van der Waals surface area contributed by atoms with Gasteiger partial charge < -0.3 is 9.80 Å². The number of para-hydroxylation sites is 1. The quantitative estimate of drug-likeness (QED) is 0.784. The minimum atomic E-state index is 0.0532. The van der Waals surface area contributed by atoms with Crippen LogP contribution in [0.1, 0.15) is 12.8 Å². The van der Waals surface area contributed by atoms with Gasteiger partial charge in [-0.15, -0.1) is 11.6 Å². The smallest absolute Gasteiger partial charge is 0.237 e. The topological polar surface area (TPSA) is 23.6 Å². The summed E-state index contributed by atoms with van der Waals surface area (Å²) in [6.07, 6.45) is 2.02. The zero-order valence-electron chi connectivity index (χ0n) is 10.7. The van der Waals surface area contributed by atoms with Crippen molar-refractivity contribution in [2.75, 3.05) is 30.9 Å². The van der Waals surface area contributed by atoms with Crippen LogP contribution in [0.15, 0.2) is 30.3 Å². The zero-order chi connectivity index (χ0) is 13.0. The van der Waals surface area contributed by atoms with E-state index < -0.39 is 0 Å². The van der Waals surface area contributed by atoms with Crippen LogP contribution in [0.2, 0.25) is 0 Å². The van der Waals surface area contributed by atoms with Crippen LogP contribution in [-0.2, 0) is 4.79 Å². The summed E-state index contributed by atoms with van der Waals surface area (Å²) in [6, 6.07) is 10.9. The second-order valence-corrected chi connectivity index (χ2v) is 4.96. The maximum absolute atomic E-state index is 11.5. The van der Waals surface area contributed by atoms with Crippen molar-refractivity contribution in [3.63, 3.8) is 0 Å². The normalized spacial score (nSPS) is 16.7. The number of alkyl halides is 1. The number of hydrogen-bond donors (Lipinski definition) is 0. The molecule has 1 amide bonds. The van der Waals surface area contributed by atoms with Crippen LogP contribution in [0, 0.1) is 0 Å². The average molecular weight is 267 g/mol. The Hall–Kier alpha value is -1.22. The van der Waals surface area contributed by atoms with Gasteiger partial charge in [0.15, 0.2) is 0 Å². The van der Waals surface area contributed by atoms with E-state index in [1.54, 1.807) is 0 Å². The van der Waals surface area contributed by atoms with E-state index >= 15 is 0 Å². The SMILES string of the molecule is CN(c1ccccc1)C1CCN(C(=O)CCl)CC1. The molecule has 1 aromatic carbocycles. The maximum Gasteiger partial charge on any atom is 0.237 e. The molecular formula is C14H19ClN2O. The first-order valence-electron chi connectivity index (χ1n) is 6.34. The molecule has 2 rings (SSSR count). The molecule has 0 bridgehead atoms. The number of likely N-dealkylation sites (tertiary alicyclic amines) is 1. The van der Waals surface area contributed by atoms with Crippen LogP contribution >= 0.6 is 11.6 Å². The van der Waals surface area contributed by atoms with E-state index in [1.807, 2.05) is 11.0 Å². The van der Waals surface area contributed by atoms with Crippen LogP contribution < -0.4 is 4.90 Å². The lowest BCUT2D eigenvalue weighted by Crippen LogP contribution is -2.46. The summed E-state index contributed by atoms with van der Waals surface area (Å²) in [7, 11) is 2.12. The van der Waals surface area contributed by atoms with Crippen LogP contribution in [0.4, 0.5) is 5.69 Å². The van der Waals surface area contributed by atoms with Gasteiger partial charge in [-0.25, -0.2) is 0 Å². The summed E-state index contributed by atoms with van der Waals surface area (Å²) >= 11 is 5.58. The molecular weight excluding hydrogens is 248 g/mol. The summed E-state index contributed by atoms with van der Waals surface area (Å²) < 4.78 is 0. The predicted octanol–water partition coefficient (Wildman–Crippen LogP) is 2.35. The highest BCUT2D eigenvalue weighted by Gasteiger charge is 2.24. The highest BCUT2D eigenvalue weighted by Crippen LogP contribution is 2.21. The number of nitrogens with zero attached hydrogens (tertiary/aromatic N) is 2. The minimum absolute atomic E-state index is 0.0532. The summed E-state index contributed by atoms with van der Waals surface area (Å²) in [5.74, 6) is 0.150. The molecule has 0 unspecified atom stereocenters. The Kier molecular flexibility index (Phi) is 4.48. The minimum Gasteiger partial charge on any atom is -0.371 e. The van der Waals surface area contributed by atoms with Crippen molar-refractivity contribution in [3.05, 3.63) is 30.3 Å². The molecule has 1 aliphatic rings. The van der Waals surface area contributed by atoms with Gasteiger partial charge in [-0.3, -0.25) is 4.79 Å². The molecule has 4 heteroatoms. The van der Waals surface area contributed by atoms with E-state index in [2.05, 4.69) is 36.2 Å². The van der Waals surface area contributed by atoms with Crippen LogP contribution in [0.3, 0.4) is 0 Å². The van der Waals surface area contributed by atoms with Crippen molar-refractivity contribution in [3.8, 4) is 0 Å². The number of amides is 1. The number of benzene rings is 1. The molecule has 1 aromatic rings. The predicted molar refractivity (Wildman–Crippen MR) is 75.2 cm³/mol. The molecule has 98 valence electrons. The van der Waals surface area contributed by atoms with Crippen LogP contribution in [-0.4, -0.2) is 42.9 Å². The Morgan fingerprint density at radius 3 is 2.50 bits per heavy atom. The van der Waals surface area contributed by atoms with Gasteiger partial charge in [0.25, 0.3) is 0 Å². The molecule has 1 saturated heterocycles. The van der Waals surface area contributed by atoms with Crippen LogP contribution in [0.5, 0.6) is 0 Å². The first-order valence-corrected chi connectivity index (χ1v) is 6.87. The van der Waals surface area contributed by atoms with Gasteiger partial charge in [-0.2, -0.15) is 0 Å². The number of hydrogen-bond acceptors (Lipinski definition) is 2. The molecule has 18 heavy (non-hydrogen) atoms. The van der Waals surface area contributed by atoms with Gasteiger partial charge >= 0.3 is 0 Å². The van der Waals surface area contributed by atoms with Gasteiger partial charge in [0.2, 0.25) is 5.91 Å². The highest BCUT2D eigenvalue weighted by molar-refractivity contribution is 6.27. The Morgan fingerprint density at radius 1 is 1.33 bits per heavy atom. The molecule has 0 N–H and O–H groups in total. The van der Waals surface area contributed by atoms with Crippen molar-refractivity contribution >= 4 is 23.2 Å². The van der Waals surface area contributed by atoms with E-state index in [-0.39, 0.29) is 11.8 Å². The summed E-state index contributed by atoms with van der Waals surface area (Å²) in [4.78, 5) is 15.7. The number of piperidine rings is 1. The zero-order valence-corrected chi connectivity index (χ0v) is 11.4. The fourth-order valence-electron chi connectivity index (χ4n) is 2.46. The number of anilines is 1. The largest absolute Gasteiger partial charge is 0.371 e. The Labute approximate surface area is 113 Å². The van der Waals surface area contributed by atoms with Crippen molar-refractivity contribution in [2.45, 2.75) is 18.9 Å². The fourth-order valence-corrected chi connectivity index (χ4v) is 2.63. The Morgan fingerprint density at radius 2 is 1.94 bits per heavy atom. The molecule has 0 atom stereocenters. The molecule has 0 radical (unpaired) electrons. The fraction of sp³-hybridized carbons (Fsp3) is 0.500. The molecule has 0 aromatic heterocycles. The lowest BCUT2D eigenvalue weighted by molar-refractivity contribution is -0.129. The van der Waals surface area contributed by atoms with E-state index in [1.165, 1.54) is 5.69 Å². The summed E-state index contributed by atoms with van der Waals surface area (Å²) in [6.45, 7) is 1.63. The number of rotatable bonds is 3. The summed E-state index contributed by atoms with van der Waals surface area (Å²) in [5.41, 5.74) is 1.24. The number of halogens is 1. The second-order valence-electron chi connectivity index (χ2n) is 4.69. The van der Waals surface area contributed by atoms with Crippen molar-refractivity contribution in [1.82, 2.24) is 4.90 Å². The first-order chi connectivity index (χ1) is 8.72. The van der Waals surface area contributed by atoms with E-state index in [9.17, 15) is 4.79 Å². The van der Waals surface area contributed by atoms with Gasteiger partial charge in [0, 0.05) is 31.9 Å². The summed E-state index contributed by atoms with van der Waals surface area (Å²) in [5, 5.41) is 0. The van der Waals surface area contributed by atoms with E-state index in [0.29, 0.717) is 6.04 Å². The average Bonchev–Trinajstić information content (AvgIpc) is 2.47. The standard InChI is InChI=1S/C14H19ClN2O/c1-16(12-5-3-2-4-6-12)13-7-9-17(10-8-13)14(18)11-15/h2-6,13H,7-11H2,1H3. The molecule has 1 aliphatic heterocycles. The Bertz CT molecular complexity index is 388. The third-order valence-electron chi connectivity index (χ3n) is 3.64. The lowest BCUT2D eigenvalue weighted by Gasteiger charge is -2.37. The third kappa shape index (κ3) is 2.96. The van der Waals surface area contributed by atoms with Crippen LogP contribution in [0.25, 0.3) is 0 Å². The van der Waals surface area contributed by atoms with Crippen molar-refractivity contribution < 1.29 is 4.79 Å². The monoisotopic (exact) mass is 266 g/mol. The van der Waals surface area contributed by atoms with Gasteiger partial charge in [-0.05, 0) is 25.0 Å². The second kappa shape index (κ2) is 6.10. The molecule has 3 nitrogen and oxygen atoms in total. The molecule has 1 fully saturated rings. The highest BCUT2D eigenvalue weighted by atomic mass is 35.5. The number of carbonyl (C=O) groups excluding carboxylic acids is 1. The maximum atomic E-state index is 11.5. The van der Waals surface area contributed by atoms with Gasteiger partial charge in [0.05, 0.1) is 0 Å². The lowest BCUT2D eigenvalue weighted by atomic mass is 10.0. The Balaban J connectivity index is 1.92. The van der Waals surface area contributed by atoms with Crippen molar-refractivity contribution in [1.29, 1.82) is 0 Å². The molecule has 0 spiro atoms. The van der Waals surface area contributed by atoms with Gasteiger partial charge in [0.1, 0.15) is 5.88 Å². The molecule has 0 aliphatic carbocycles. The molecule has 1 heterocycles. The third-order valence-corrected chi connectivity index (χ3v) is 3.87. The molecule has 0 saturated carbocycles. The van der Waals surface area contributed by atoms with E-state index in [4.69, 9.17) is 11.6 Å². The number of carbonyl (C=O) groups is 1. The van der Waals surface area contributed by atoms with E-state index in [0.717, 1.165) is 25.9 Å². The first kappa shape index (κ1) is 13.2. The van der Waals surface area contributed by atoms with Crippen molar-refractivity contribution in [2.24, 2.45) is 0 Å². The van der Waals surface area contributed by atoms with Gasteiger partial charge in [-0.1, -0.05) is 18.2 Å².